The van der Waals surface area contributed by atoms with Crippen molar-refractivity contribution in [2.75, 3.05) is 37.7 Å². The summed E-state index contributed by atoms with van der Waals surface area (Å²) in [5.41, 5.74) is 33.9. The zero-order valence-electron chi connectivity index (χ0n) is 56.1. The van der Waals surface area contributed by atoms with Crippen LogP contribution in [0.4, 0.5) is 0 Å². The number of aliphatic hydroxyl groups is 1. The number of rotatable bonds is 21. The van der Waals surface area contributed by atoms with Gasteiger partial charge in [-0.25, -0.2) is 0 Å². The van der Waals surface area contributed by atoms with E-state index in [1.807, 2.05) is 0 Å². The van der Waals surface area contributed by atoms with Gasteiger partial charge in [0.15, 0.2) is 5.96 Å². The van der Waals surface area contributed by atoms with E-state index < -0.39 is 193 Å². The van der Waals surface area contributed by atoms with Crippen molar-refractivity contribution in [1.82, 2.24) is 63.4 Å². The van der Waals surface area contributed by atoms with Gasteiger partial charge in [-0.1, -0.05) is 39.8 Å². The van der Waals surface area contributed by atoms with E-state index in [1.165, 1.54) is 36.1 Å². The fourth-order valence-corrected chi connectivity index (χ4v) is 11.3. The van der Waals surface area contributed by atoms with Crippen LogP contribution in [0.2, 0.25) is 0 Å². The molecule has 2 fully saturated rings. The molecule has 37 heteroatoms. The Hall–Kier alpha value is -9.39. The number of aromatic hydroxyl groups is 1. The highest BCUT2D eigenvalue weighted by atomic mass is 32.2. The smallest absolute Gasteiger partial charge is 0.245 e. The fraction of sp³-hybridized carbons (Fsp3) is 0.639. The first-order valence-corrected chi connectivity index (χ1v) is 33.5. The molecule has 36 nitrogen and oxygen atoms in total. The summed E-state index contributed by atoms with van der Waals surface area (Å²) < 4.78 is 0. The van der Waals surface area contributed by atoms with E-state index in [4.69, 9.17) is 34.4 Å². The maximum absolute atomic E-state index is 14.8. The summed E-state index contributed by atoms with van der Waals surface area (Å²) in [6, 6.07) is -11.1. The molecule has 3 rings (SSSR count). The number of carbonyl (C=O) groups is 15. The number of thioether (sulfide) groups is 1. The summed E-state index contributed by atoms with van der Waals surface area (Å²) in [6.45, 7) is 8.69. The number of nitrogens with two attached hydrogens (primary N) is 6. The third-order valence-electron chi connectivity index (χ3n) is 15.5. The first-order valence-electron chi connectivity index (χ1n) is 32.4. The van der Waals surface area contributed by atoms with Crippen molar-refractivity contribution in [3.05, 3.63) is 29.8 Å². The lowest BCUT2D eigenvalue weighted by atomic mass is 9.99. The molecule has 0 bridgehead atoms. The molecule has 0 aliphatic carbocycles. The number of nitrogens with zero attached hydrogens (tertiary/aromatic N) is 2. The lowest BCUT2D eigenvalue weighted by molar-refractivity contribution is -0.143. The summed E-state index contributed by atoms with van der Waals surface area (Å²) in [5.74, 6) is -16.3. The number of aliphatic hydroxyl groups excluding tert-OH is 1. The molecule has 2 aliphatic rings. The van der Waals surface area contributed by atoms with Gasteiger partial charge < -0.3 is 108 Å². The van der Waals surface area contributed by atoms with Gasteiger partial charge in [0.2, 0.25) is 88.6 Å². The Bertz CT molecular complexity index is 3010. The van der Waals surface area contributed by atoms with E-state index >= 15 is 0 Å². The van der Waals surface area contributed by atoms with Gasteiger partial charge >= 0.3 is 0 Å². The number of primary amides is 3. The van der Waals surface area contributed by atoms with Gasteiger partial charge in [-0.05, 0) is 114 Å². The second kappa shape index (κ2) is 41.7. The highest BCUT2D eigenvalue weighted by Crippen LogP contribution is 2.22. The molecule has 0 aromatic heterocycles. The third-order valence-corrected chi connectivity index (χ3v) is 16.5. The van der Waals surface area contributed by atoms with E-state index in [1.54, 1.807) is 27.7 Å². The van der Waals surface area contributed by atoms with Crippen LogP contribution in [-0.4, -0.2) is 220 Å². The molecule has 25 N–H and O–H groups in total. The quantitative estimate of drug-likeness (QED) is 0.0309. The van der Waals surface area contributed by atoms with Gasteiger partial charge in [-0.2, -0.15) is 0 Å². The van der Waals surface area contributed by atoms with Gasteiger partial charge in [-0.15, -0.1) is 11.8 Å². The molecule has 98 heavy (non-hydrogen) atoms. The van der Waals surface area contributed by atoms with Crippen LogP contribution in [0, 0.1) is 11.8 Å². The minimum absolute atomic E-state index is 0.00668. The van der Waals surface area contributed by atoms with Crippen molar-refractivity contribution >= 4 is 106 Å². The maximum Gasteiger partial charge on any atom is 0.245 e. The second-order valence-electron chi connectivity index (χ2n) is 24.9. The molecule has 15 amide bonds. The van der Waals surface area contributed by atoms with Crippen LogP contribution in [0.5, 0.6) is 5.75 Å². The van der Waals surface area contributed by atoms with E-state index in [9.17, 15) is 82.1 Å². The topological polar surface area (TPSA) is 601 Å². The van der Waals surface area contributed by atoms with Crippen molar-refractivity contribution in [3.63, 3.8) is 0 Å². The first-order chi connectivity index (χ1) is 46.1. The summed E-state index contributed by atoms with van der Waals surface area (Å²) in [7, 11) is 0. The predicted molar refractivity (Wildman–Crippen MR) is 357 cm³/mol. The minimum atomic E-state index is -1.93. The van der Waals surface area contributed by atoms with Crippen LogP contribution in [0.1, 0.15) is 124 Å². The fourth-order valence-electron chi connectivity index (χ4n) is 10.4. The first kappa shape index (κ1) is 82.8. The number of guanidine groups is 1. The lowest BCUT2D eigenvalue weighted by Gasteiger charge is -2.32. The number of phenolic OH excluding ortho intramolecular Hbond substituents is 1. The highest BCUT2D eigenvalue weighted by molar-refractivity contribution is 8.00. The molecule has 1 aromatic carbocycles. The van der Waals surface area contributed by atoms with Crippen LogP contribution in [0.15, 0.2) is 29.3 Å². The number of carbonyl (C=O) groups excluding carboxylic acids is 15. The SMILES string of the molecule is CC(C)C[C@@H]1NC(=O)[C@H](Cc2ccc(O)cc2)NC(=O)CSC[C@@H](C(N)=O)NC(=O)CNC(=O)[C@H](C)NC(=O)[C@H](CCC(N)=O)NC(=O)[C@H](CC(N)=O)NC(=O)[C@H]([C@@H](C)O)NC(=O)[C@@H]2CCCN2C(=O)[C@H](CCCCN)NC(=O)[C@H](CC(C)C)NC(=O)[C@H](CCCN=C(N)N)NC1=O. The molecule has 0 radical (unpaired) electrons. The van der Waals surface area contributed by atoms with Gasteiger partial charge in [0.25, 0.3) is 0 Å². The highest BCUT2D eigenvalue weighted by Gasteiger charge is 2.42. The number of phenols is 1. The summed E-state index contributed by atoms with van der Waals surface area (Å²) in [5, 5.41) is 48.3. The largest absolute Gasteiger partial charge is 0.508 e. The normalized spacial score (nSPS) is 25.3. The van der Waals surface area contributed by atoms with Gasteiger partial charge in [0, 0.05) is 31.7 Å². The van der Waals surface area contributed by atoms with Gasteiger partial charge in [0.05, 0.1) is 24.8 Å². The minimum Gasteiger partial charge on any atom is -0.508 e. The number of hydrogen-bond acceptors (Lipinski definition) is 20. The van der Waals surface area contributed by atoms with Crippen LogP contribution in [-0.2, 0) is 78.3 Å². The van der Waals surface area contributed by atoms with Crippen molar-refractivity contribution in [2.24, 2.45) is 51.2 Å². The predicted octanol–water partition coefficient (Wildman–Crippen LogP) is -7.06. The van der Waals surface area contributed by atoms with Crippen LogP contribution >= 0.6 is 11.8 Å². The van der Waals surface area contributed by atoms with Crippen LogP contribution in [0.3, 0.4) is 0 Å². The van der Waals surface area contributed by atoms with Crippen molar-refractivity contribution in [2.45, 2.75) is 198 Å². The third kappa shape index (κ3) is 29.5. The second-order valence-corrected chi connectivity index (χ2v) is 26.0. The molecule has 2 saturated heterocycles. The zero-order chi connectivity index (χ0) is 73.5. The van der Waals surface area contributed by atoms with Gasteiger partial charge in [-0.3, -0.25) is 76.9 Å². The van der Waals surface area contributed by atoms with Crippen LogP contribution in [0.25, 0.3) is 0 Å². The van der Waals surface area contributed by atoms with Crippen LogP contribution < -0.4 is 92.9 Å². The Morgan fingerprint density at radius 2 is 1.12 bits per heavy atom. The Kier molecular flexibility index (Phi) is 35.2. The summed E-state index contributed by atoms with van der Waals surface area (Å²) >= 11 is 0.806. The van der Waals surface area contributed by atoms with Crippen molar-refractivity contribution < 1.29 is 82.1 Å². The summed E-state index contributed by atoms with van der Waals surface area (Å²) in [6.07, 6.45) is -3.02. The molecule has 0 unspecified atom stereocenters. The molecule has 12 atom stereocenters. The molecule has 2 heterocycles. The molecular weight excluding hydrogens is 1300 g/mol. The number of unbranched alkanes of at least 4 members (excludes halogenated alkanes) is 1. The number of amides is 15. The number of benzene rings is 1. The molecule has 1 aromatic rings. The summed E-state index contributed by atoms with van der Waals surface area (Å²) in [4.78, 5) is 211. The van der Waals surface area contributed by atoms with E-state index in [-0.39, 0.29) is 107 Å². The molecule has 2 aliphatic heterocycles. The van der Waals surface area contributed by atoms with E-state index in [0.29, 0.717) is 12.0 Å². The number of aliphatic imine (C=N–C) groups is 1. The van der Waals surface area contributed by atoms with Crippen molar-refractivity contribution in [1.29, 1.82) is 0 Å². The number of fused-ring (bicyclic) bond motifs is 1. The molecule has 0 spiro atoms. The molecule has 546 valence electrons. The standard InChI is InChI=1S/C61H99N19O17S/c1-30(2)23-39-54(91)73-36(12-9-21-68-61(66)67)53(90)76-40(24-31(3)4)55(92)75-38(11-7-8-20-62)60(97)80-22-10-13-44(80)58(95)79-49(33(6)81)59(96)78-42(26-46(64)84)57(94)74-37(18-19-45(63)83)52(89)70-32(5)51(88)69-27-47(85)72-43(50(65)87)28-98-29-48(86)71-41(56(93)77-39)25-34-14-16-35(82)17-15-34/h14-17,30-33,36-44,49,81-82H,7-13,18-29,62H2,1-6H3,(H2,63,83)(H2,64,84)(H2,65,87)(H,69,88)(H,70,89)(H,71,86)(H,72,85)(H,73,91)(H,74,94)(H,75,92)(H,76,90)(H,77,93)(H,78,96)(H,79,95)(H4,66,67,68)/t32-,33+,36-,37-,38-,39-,40-,41-,42-,43-,44-,49-/m0/s1. The molecule has 0 saturated carbocycles. The average Bonchev–Trinajstić information content (AvgIpc) is 1.63. The van der Waals surface area contributed by atoms with Crippen molar-refractivity contribution in [3.8, 4) is 5.75 Å². The Labute approximate surface area is 571 Å². The van der Waals surface area contributed by atoms with E-state index in [0.717, 1.165) is 18.7 Å². The number of nitrogens with one attached hydrogen (secondary N) is 11. The Morgan fingerprint density at radius 1 is 0.592 bits per heavy atom. The average molecular weight is 1400 g/mol. The zero-order valence-corrected chi connectivity index (χ0v) is 56.9. The molecular formula is C61H99N19O17S. The van der Waals surface area contributed by atoms with Gasteiger partial charge in [0.1, 0.15) is 72.2 Å². The number of hydrogen-bond donors (Lipinski definition) is 19. The Morgan fingerprint density at radius 3 is 1.67 bits per heavy atom. The van der Waals surface area contributed by atoms with E-state index in [2.05, 4.69) is 63.5 Å². The maximum atomic E-state index is 14.8. The monoisotopic (exact) mass is 1400 g/mol. The lowest BCUT2D eigenvalue weighted by Crippen LogP contribution is -2.62. The Balaban J connectivity index is 2.18.